The maximum absolute atomic E-state index is 12.9. The summed E-state index contributed by atoms with van der Waals surface area (Å²) in [6.07, 6.45) is -0.769. The molecule has 116 valence electrons. The van der Waals surface area contributed by atoms with E-state index in [0.717, 1.165) is 31.7 Å². The number of alkyl halides is 3. The number of carbonyl (C=O) groups excluding carboxylic acids is 1. The monoisotopic (exact) mass is 363 g/mol. The lowest BCUT2D eigenvalue weighted by Gasteiger charge is -2.23. The number of hydrogen-bond donors (Lipinski definition) is 0. The minimum atomic E-state index is -4.47. The van der Waals surface area contributed by atoms with Gasteiger partial charge in [0.2, 0.25) is 0 Å². The van der Waals surface area contributed by atoms with E-state index in [-0.39, 0.29) is 22.0 Å². The van der Waals surface area contributed by atoms with E-state index in [2.05, 4.69) is 15.9 Å². The summed E-state index contributed by atoms with van der Waals surface area (Å²) in [4.78, 5) is 14.2. The van der Waals surface area contributed by atoms with Gasteiger partial charge in [-0.3, -0.25) is 4.79 Å². The summed E-state index contributed by atoms with van der Waals surface area (Å²) in [5, 5.41) is 0. The summed E-state index contributed by atoms with van der Waals surface area (Å²) in [6, 6.07) is 3.87. The Morgan fingerprint density at radius 2 is 2.05 bits per heavy atom. The van der Waals surface area contributed by atoms with Crippen LogP contribution in [0, 0.1) is 0 Å². The standard InChI is InChI=1S/C15H17BrF3NO/c1-2-3-8-20(11-5-6-11)14(21)10-4-7-13(16)12(9-10)15(17,18)19/h4,7,9,11H,2-3,5-6,8H2,1H3. The molecule has 1 aromatic carbocycles. The highest BCUT2D eigenvalue weighted by Gasteiger charge is 2.36. The number of halogens is 4. The van der Waals surface area contributed by atoms with Gasteiger partial charge in [-0.25, -0.2) is 0 Å². The highest BCUT2D eigenvalue weighted by molar-refractivity contribution is 9.10. The van der Waals surface area contributed by atoms with Crippen molar-refractivity contribution in [3.63, 3.8) is 0 Å². The van der Waals surface area contributed by atoms with Crippen molar-refractivity contribution >= 4 is 21.8 Å². The molecular weight excluding hydrogens is 347 g/mol. The molecule has 0 aromatic heterocycles. The Labute approximate surface area is 130 Å². The van der Waals surface area contributed by atoms with Crippen LogP contribution in [0.5, 0.6) is 0 Å². The molecular formula is C15H17BrF3NO. The second kappa shape index (κ2) is 6.38. The molecule has 0 atom stereocenters. The predicted octanol–water partition coefficient (Wildman–Crippen LogP) is 4.87. The molecule has 1 aliphatic rings. The van der Waals surface area contributed by atoms with E-state index < -0.39 is 11.7 Å². The number of carbonyl (C=O) groups is 1. The van der Waals surface area contributed by atoms with Crippen LogP contribution < -0.4 is 0 Å². The van der Waals surface area contributed by atoms with Gasteiger partial charge in [-0.15, -0.1) is 0 Å². The normalized spacial score (nSPS) is 15.1. The van der Waals surface area contributed by atoms with E-state index in [4.69, 9.17) is 0 Å². The van der Waals surface area contributed by atoms with Crippen LogP contribution in [0.15, 0.2) is 22.7 Å². The van der Waals surface area contributed by atoms with Gasteiger partial charge < -0.3 is 4.90 Å². The van der Waals surface area contributed by atoms with E-state index in [1.165, 1.54) is 12.1 Å². The number of rotatable bonds is 5. The summed E-state index contributed by atoms with van der Waals surface area (Å²) in [5.41, 5.74) is -0.701. The highest BCUT2D eigenvalue weighted by atomic mass is 79.9. The first-order valence-electron chi connectivity index (χ1n) is 7.02. The van der Waals surface area contributed by atoms with Gasteiger partial charge in [0, 0.05) is 22.6 Å². The molecule has 1 fully saturated rings. The Balaban J connectivity index is 2.25. The quantitative estimate of drug-likeness (QED) is 0.730. The third-order valence-corrected chi connectivity index (χ3v) is 4.21. The van der Waals surface area contributed by atoms with Gasteiger partial charge in [0.1, 0.15) is 0 Å². The molecule has 6 heteroatoms. The molecule has 1 saturated carbocycles. The SMILES string of the molecule is CCCCN(C(=O)c1ccc(Br)c(C(F)(F)F)c1)C1CC1. The summed E-state index contributed by atoms with van der Waals surface area (Å²) in [7, 11) is 0. The van der Waals surface area contributed by atoms with Crippen LogP contribution in [0.4, 0.5) is 13.2 Å². The van der Waals surface area contributed by atoms with E-state index in [9.17, 15) is 18.0 Å². The van der Waals surface area contributed by atoms with Gasteiger partial charge in [-0.2, -0.15) is 13.2 Å². The number of hydrogen-bond acceptors (Lipinski definition) is 1. The maximum atomic E-state index is 12.9. The van der Waals surface area contributed by atoms with Crippen LogP contribution in [-0.2, 0) is 6.18 Å². The van der Waals surface area contributed by atoms with E-state index in [1.807, 2.05) is 6.92 Å². The van der Waals surface area contributed by atoms with Crippen LogP contribution in [-0.4, -0.2) is 23.4 Å². The topological polar surface area (TPSA) is 20.3 Å². The van der Waals surface area contributed by atoms with Crippen LogP contribution in [0.25, 0.3) is 0 Å². The van der Waals surface area contributed by atoms with Crippen molar-refractivity contribution in [3.8, 4) is 0 Å². The van der Waals surface area contributed by atoms with Gasteiger partial charge in [-0.05, 0) is 37.5 Å². The Bertz CT molecular complexity index is 526. The molecule has 0 aliphatic heterocycles. The van der Waals surface area contributed by atoms with E-state index in [0.29, 0.717) is 6.54 Å². The number of amides is 1. The Morgan fingerprint density at radius 1 is 1.38 bits per heavy atom. The minimum absolute atomic E-state index is 0.0434. The molecule has 0 saturated heterocycles. The molecule has 1 aliphatic carbocycles. The largest absolute Gasteiger partial charge is 0.417 e. The first kappa shape index (κ1) is 16.3. The molecule has 2 nitrogen and oxygen atoms in total. The molecule has 0 radical (unpaired) electrons. The molecule has 0 heterocycles. The van der Waals surface area contributed by atoms with E-state index in [1.54, 1.807) is 4.90 Å². The lowest BCUT2D eigenvalue weighted by atomic mass is 10.1. The van der Waals surface area contributed by atoms with Crippen molar-refractivity contribution in [2.75, 3.05) is 6.54 Å². The van der Waals surface area contributed by atoms with E-state index >= 15 is 0 Å². The lowest BCUT2D eigenvalue weighted by Crippen LogP contribution is -2.34. The van der Waals surface area contributed by atoms with Crippen LogP contribution >= 0.6 is 15.9 Å². The van der Waals surface area contributed by atoms with Crippen LogP contribution in [0.3, 0.4) is 0 Å². The smallest absolute Gasteiger partial charge is 0.336 e. The zero-order valence-corrected chi connectivity index (χ0v) is 13.3. The van der Waals surface area contributed by atoms with Gasteiger partial charge in [-0.1, -0.05) is 29.3 Å². The maximum Gasteiger partial charge on any atom is 0.417 e. The molecule has 0 N–H and O–H groups in total. The number of unbranched alkanes of at least 4 members (excludes halogenated alkanes) is 1. The van der Waals surface area contributed by atoms with Crippen molar-refractivity contribution < 1.29 is 18.0 Å². The lowest BCUT2D eigenvalue weighted by molar-refractivity contribution is -0.138. The van der Waals surface area contributed by atoms with Crippen molar-refractivity contribution in [1.29, 1.82) is 0 Å². The molecule has 0 unspecified atom stereocenters. The Hall–Kier alpha value is -1.04. The molecule has 21 heavy (non-hydrogen) atoms. The molecule has 1 amide bonds. The first-order chi connectivity index (χ1) is 9.84. The van der Waals surface area contributed by atoms with Crippen molar-refractivity contribution in [1.82, 2.24) is 4.90 Å². The second-order valence-electron chi connectivity index (χ2n) is 5.28. The van der Waals surface area contributed by atoms with Gasteiger partial charge in [0.25, 0.3) is 5.91 Å². The molecule has 2 rings (SSSR count). The van der Waals surface area contributed by atoms with Gasteiger partial charge >= 0.3 is 6.18 Å². The third-order valence-electron chi connectivity index (χ3n) is 3.52. The highest BCUT2D eigenvalue weighted by Crippen LogP contribution is 2.36. The zero-order valence-electron chi connectivity index (χ0n) is 11.7. The van der Waals surface area contributed by atoms with Crippen molar-refractivity contribution in [3.05, 3.63) is 33.8 Å². The van der Waals surface area contributed by atoms with Gasteiger partial charge in [0.05, 0.1) is 5.56 Å². The fraction of sp³-hybridized carbons (Fsp3) is 0.533. The Kier molecular flexibility index (Phi) is 4.96. The number of benzene rings is 1. The minimum Gasteiger partial charge on any atom is -0.336 e. The fourth-order valence-electron chi connectivity index (χ4n) is 2.21. The van der Waals surface area contributed by atoms with Crippen molar-refractivity contribution in [2.45, 2.75) is 44.8 Å². The predicted molar refractivity (Wildman–Crippen MR) is 78.1 cm³/mol. The average molecular weight is 364 g/mol. The van der Waals surface area contributed by atoms with Gasteiger partial charge in [0.15, 0.2) is 0 Å². The van der Waals surface area contributed by atoms with Crippen LogP contribution in [0.2, 0.25) is 0 Å². The first-order valence-corrected chi connectivity index (χ1v) is 7.81. The summed E-state index contributed by atoms with van der Waals surface area (Å²) in [6.45, 7) is 2.63. The average Bonchev–Trinajstić information content (AvgIpc) is 3.22. The fourth-order valence-corrected chi connectivity index (χ4v) is 2.68. The Morgan fingerprint density at radius 3 is 2.57 bits per heavy atom. The summed E-state index contributed by atoms with van der Waals surface area (Å²) >= 11 is 2.89. The third kappa shape index (κ3) is 3.99. The summed E-state index contributed by atoms with van der Waals surface area (Å²) in [5.74, 6) is -0.302. The molecule has 1 aromatic rings. The number of nitrogens with zero attached hydrogens (tertiary/aromatic N) is 1. The van der Waals surface area contributed by atoms with Crippen LogP contribution in [0.1, 0.15) is 48.5 Å². The molecule has 0 spiro atoms. The summed E-state index contributed by atoms with van der Waals surface area (Å²) < 4.78 is 38.7. The zero-order chi connectivity index (χ0) is 15.6. The molecule has 0 bridgehead atoms. The van der Waals surface area contributed by atoms with Crippen molar-refractivity contribution in [2.24, 2.45) is 0 Å². The second-order valence-corrected chi connectivity index (χ2v) is 6.13.